The van der Waals surface area contributed by atoms with Gasteiger partial charge < -0.3 is 5.11 Å². The van der Waals surface area contributed by atoms with E-state index >= 15 is 0 Å². The van der Waals surface area contributed by atoms with Crippen molar-refractivity contribution in [3.63, 3.8) is 0 Å². The van der Waals surface area contributed by atoms with Crippen molar-refractivity contribution >= 4 is 5.97 Å². The van der Waals surface area contributed by atoms with E-state index in [0.29, 0.717) is 5.92 Å². The molecular formula is C20H30O2. The van der Waals surface area contributed by atoms with E-state index in [9.17, 15) is 9.90 Å². The minimum absolute atomic E-state index is 0.0577. The highest BCUT2D eigenvalue weighted by atomic mass is 16.4. The highest BCUT2D eigenvalue weighted by molar-refractivity contribution is 5.75. The highest BCUT2D eigenvalue weighted by Gasteiger charge is 2.57. The Bertz CT molecular complexity index is 504. The van der Waals surface area contributed by atoms with Gasteiger partial charge in [0.2, 0.25) is 0 Å². The monoisotopic (exact) mass is 302 g/mol. The fourth-order valence-corrected chi connectivity index (χ4v) is 5.17. The van der Waals surface area contributed by atoms with Crippen LogP contribution in [0.2, 0.25) is 0 Å². The highest BCUT2D eigenvalue weighted by Crippen LogP contribution is 2.62. The van der Waals surface area contributed by atoms with Crippen LogP contribution in [0.5, 0.6) is 0 Å². The van der Waals surface area contributed by atoms with Crippen molar-refractivity contribution in [3.05, 3.63) is 37.0 Å². The Balaban J connectivity index is 2.30. The topological polar surface area (TPSA) is 37.3 Å². The second-order valence-electron chi connectivity index (χ2n) is 7.79. The Kier molecular flexibility index (Phi) is 4.70. The average molecular weight is 302 g/mol. The van der Waals surface area contributed by atoms with Gasteiger partial charge in [0.15, 0.2) is 0 Å². The van der Waals surface area contributed by atoms with Crippen LogP contribution in [0, 0.1) is 22.7 Å². The third-order valence-electron chi connectivity index (χ3n) is 6.55. The summed E-state index contributed by atoms with van der Waals surface area (Å²) in [6.07, 6.45) is 8.64. The summed E-state index contributed by atoms with van der Waals surface area (Å²) in [5, 5.41) is 9.81. The molecule has 2 heteroatoms. The van der Waals surface area contributed by atoms with E-state index in [1.807, 2.05) is 13.0 Å². The summed E-state index contributed by atoms with van der Waals surface area (Å²) in [5.41, 5.74) is 1.85. The third kappa shape index (κ3) is 2.68. The zero-order valence-corrected chi connectivity index (χ0v) is 14.2. The van der Waals surface area contributed by atoms with Crippen molar-refractivity contribution in [1.29, 1.82) is 0 Å². The summed E-state index contributed by atoms with van der Waals surface area (Å²) in [5.74, 6) is 0.0332. The van der Waals surface area contributed by atoms with Crippen LogP contribution in [0.4, 0.5) is 0 Å². The quantitative estimate of drug-likeness (QED) is 0.547. The normalized spacial score (nSPS) is 38.2. The Hall–Kier alpha value is -1.31. The second-order valence-corrected chi connectivity index (χ2v) is 7.79. The van der Waals surface area contributed by atoms with E-state index in [0.717, 1.165) is 50.5 Å². The minimum Gasteiger partial charge on any atom is -0.481 e. The average Bonchev–Trinajstić information content (AvgIpc) is 2.45. The molecule has 0 unspecified atom stereocenters. The van der Waals surface area contributed by atoms with Crippen LogP contribution in [0.15, 0.2) is 37.0 Å². The molecule has 0 saturated heterocycles. The molecule has 0 aromatic carbocycles. The maximum atomic E-state index is 11.9. The van der Waals surface area contributed by atoms with Crippen LogP contribution < -0.4 is 0 Å². The van der Waals surface area contributed by atoms with Gasteiger partial charge in [-0.2, -0.15) is 0 Å². The third-order valence-corrected chi connectivity index (χ3v) is 6.55. The molecule has 2 aliphatic rings. The Labute approximate surface area is 135 Å². The Morgan fingerprint density at radius 3 is 2.68 bits per heavy atom. The van der Waals surface area contributed by atoms with Crippen LogP contribution in [-0.2, 0) is 4.79 Å². The van der Waals surface area contributed by atoms with Crippen molar-refractivity contribution in [3.8, 4) is 0 Å². The van der Waals surface area contributed by atoms with Crippen molar-refractivity contribution in [2.45, 2.75) is 58.8 Å². The molecule has 2 nitrogen and oxygen atoms in total. The molecule has 0 spiro atoms. The summed E-state index contributed by atoms with van der Waals surface area (Å²) in [6, 6.07) is 0. The number of allylic oxidation sites excluding steroid dienone is 3. The first-order chi connectivity index (χ1) is 10.3. The second kappa shape index (κ2) is 6.06. The lowest BCUT2D eigenvalue weighted by Crippen LogP contribution is -2.53. The van der Waals surface area contributed by atoms with E-state index in [-0.39, 0.29) is 11.3 Å². The van der Waals surface area contributed by atoms with Gasteiger partial charge in [0.1, 0.15) is 0 Å². The van der Waals surface area contributed by atoms with Gasteiger partial charge in [-0.05, 0) is 62.7 Å². The number of fused-ring (bicyclic) bond motifs is 1. The maximum Gasteiger partial charge on any atom is 0.309 e. The first kappa shape index (κ1) is 17.1. The van der Waals surface area contributed by atoms with Gasteiger partial charge in [-0.25, -0.2) is 0 Å². The smallest absolute Gasteiger partial charge is 0.309 e. The van der Waals surface area contributed by atoms with E-state index in [4.69, 9.17) is 0 Å². The van der Waals surface area contributed by atoms with Gasteiger partial charge in [-0.1, -0.05) is 50.3 Å². The molecule has 122 valence electrons. The minimum atomic E-state index is -0.620. The summed E-state index contributed by atoms with van der Waals surface area (Å²) in [6.45, 7) is 16.4. The molecule has 0 amide bonds. The Morgan fingerprint density at radius 1 is 1.41 bits per heavy atom. The number of hydrogen-bond donors (Lipinski definition) is 1. The molecule has 2 fully saturated rings. The molecule has 0 aromatic rings. The molecule has 2 rings (SSSR count). The molecule has 2 saturated carbocycles. The lowest BCUT2D eigenvalue weighted by molar-refractivity contribution is -0.164. The number of rotatable bonds is 5. The van der Waals surface area contributed by atoms with E-state index in [1.54, 1.807) is 0 Å². The predicted molar refractivity (Wildman–Crippen MR) is 91.6 cm³/mol. The van der Waals surface area contributed by atoms with E-state index in [1.165, 1.54) is 5.57 Å². The van der Waals surface area contributed by atoms with Gasteiger partial charge in [0, 0.05) is 0 Å². The van der Waals surface area contributed by atoms with Gasteiger partial charge in [0.05, 0.1) is 5.41 Å². The molecule has 0 aromatic heterocycles. The lowest BCUT2D eigenvalue weighted by atomic mass is 9.46. The van der Waals surface area contributed by atoms with Crippen molar-refractivity contribution in [1.82, 2.24) is 0 Å². The molecule has 4 atom stereocenters. The first-order valence-electron chi connectivity index (χ1n) is 8.47. The molecule has 0 aliphatic heterocycles. The van der Waals surface area contributed by atoms with Gasteiger partial charge in [-0.15, -0.1) is 0 Å². The number of hydrogen-bond acceptors (Lipinski definition) is 1. The molecule has 0 radical (unpaired) electrons. The van der Waals surface area contributed by atoms with Crippen molar-refractivity contribution < 1.29 is 9.90 Å². The van der Waals surface area contributed by atoms with Crippen LogP contribution in [0.25, 0.3) is 0 Å². The molecular weight excluding hydrogens is 272 g/mol. The number of carbonyl (C=O) groups is 1. The SMILES string of the molecule is C=CC(=C)CC[C@@H]1C(=C)CC[C@@H]2[C@@]1(C)CCC[C@]2(C)C(=O)O. The maximum absolute atomic E-state index is 11.9. The molecule has 0 bridgehead atoms. The first-order valence-corrected chi connectivity index (χ1v) is 8.47. The summed E-state index contributed by atoms with van der Waals surface area (Å²) in [4.78, 5) is 11.9. The number of carboxylic acid groups (broad SMARTS) is 1. The van der Waals surface area contributed by atoms with Crippen LogP contribution in [0.1, 0.15) is 58.8 Å². The van der Waals surface area contributed by atoms with Crippen LogP contribution in [-0.4, -0.2) is 11.1 Å². The van der Waals surface area contributed by atoms with E-state index < -0.39 is 11.4 Å². The standard InChI is InChI=1S/C20H30O2/c1-6-14(2)8-10-16-15(3)9-11-17-19(16,4)12-7-13-20(17,5)18(21)22/h6,16-17H,1-3,7-13H2,4-5H3,(H,21,22)/t16-,17-,19+,20+/m1/s1. The van der Waals surface area contributed by atoms with Crippen molar-refractivity contribution in [2.24, 2.45) is 22.7 Å². The zero-order chi connectivity index (χ0) is 16.5. The largest absolute Gasteiger partial charge is 0.481 e. The van der Waals surface area contributed by atoms with E-state index in [2.05, 4.69) is 26.7 Å². The van der Waals surface area contributed by atoms with Gasteiger partial charge in [0.25, 0.3) is 0 Å². The predicted octanol–water partition coefficient (Wildman–Crippen LogP) is 5.37. The fourth-order valence-electron chi connectivity index (χ4n) is 5.17. The lowest BCUT2D eigenvalue weighted by Gasteiger charge is -2.57. The number of carboxylic acids is 1. The molecule has 2 aliphatic carbocycles. The zero-order valence-electron chi connectivity index (χ0n) is 14.2. The molecule has 0 heterocycles. The fraction of sp³-hybridized carbons (Fsp3) is 0.650. The summed E-state index contributed by atoms with van der Waals surface area (Å²) in [7, 11) is 0. The Morgan fingerprint density at radius 2 is 2.09 bits per heavy atom. The van der Waals surface area contributed by atoms with Crippen molar-refractivity contribution in [2.75, 3.05) is 0 Å². The van der Waals surface area contributed by atoms with Gasteiger partial charge >= 0.3 is 5.97 Å². The molecule has 22 heavy (non-hydrogen) atoms. The molecule has 1 N–H and O–H groups in total. The van der Waals surface area contributed by atoms with Crippen LogP contribution >= 0.6 is 0 Å². The summed E-state index contributed by atoms with van der Waals surface area (Å²) >= 11 is 0. The van der Waals surface area contributed by atoms with Crippen LogP contribution in [0.3, 0.4) is 0 Å². The summed E-state index contributed by atoms with van der Waals surface area (Å²) < 4.78 is 0. The number of aliphatic carboxylic acids is 1. The van der Waals surface area contributed by atoms with Gasteiger partial charge in [-0.3, -0.25) is 4.79 Å².